The molecule has 0 unspecified atom stereocenters. The number of aromatic nitrogens is 4. The number of hydrogen-bond acceptors (Lipinski definition) is 5. The molecule has 0 saturated carbocycles. The Hall–Kier alpha value is -2.77. The van der Waals surface area contributed by atoms with Crippen molar-refractivity contribution in [3.05, 3.63) is 29.7 Å². The van der Waals surface area contributed by atoms with Crippen LogP contribution in [0.15, 0.2) is 12.3 Å². The molecule has 1 aliphatic rings. The molecule has 0 amide bonds. The fourth-order valence-corrected chi connectivity index (χ4v) is 3.03. The summed E-state index contributed by atoms with van der Waals surface area (Å²) in [6, 6.07) is 1.18. The minimum absolute atomic E-state index is 0.00228. The summed E-state index contributed by atoms with van der Waals surface area (Å²) in [6.45, 7) is 4.12. The van der Waals surface area contributed by atoms with Crippen LogP contribution in [0.1, 0.15) is 18.8 Å². The summed E-state index contributed by atoms with van der Waals surface area (Å²) < 4.78 is 36.3. The van der Waals surface area contributed by atoms with Crippen molar-refractivity contribution in [2.75, 3.05) is 12.3 Å². The van der Waals surface area contributed by atoms with E-state index in [0.717, 1.165) is 6.20 Å². The second kappa shape index (κ2) is 4.61. The van der Waals surface area contributed by atoms with Crippen molar-refractivity contribution in [1.82, 2.24) is 19.5 Å². The molecule has 6 nitrogen and oxygen atoms in total. The molecule has 2 N–H and O–H groups in total. The van der Waals surface area contributed by atoms with Crippen molar-refractivity contribution in [3.8, 4) is 17.0 Å². The van der Waals surface area contributed by atoms with Crippen LogP contribution in [0.4, 0.5) is 14.7 Å². The summed E-state index contributed by atoms with van der Waals surface area (Å²) in [5.41, 5.74) is 6.36. The van der Waals surface area contributed by atoms with E-state index in [-0.39, 0.29) is 28.8 Å². The van der Waals surface area contributed by atoms with Crippen LogP contribution in [0, 0.1) is 18.6 Å². The maximum atomic E-state index is 14.5. The Kier molecular flexibility index (Phi) is 2.78. The van der Waals surface area contributed by atoms with Gasteiger partial charge in [0.1, 0.15) is 29.2 Å². The van der Waals surface area contributed by atoms with E-state index in [1.54, 1.807) is 6.92 Å². The van der Waals surface area contributed by atoms with Crippen LogP contribution in [0.3, 0.4) is 0 Å². The predicted molar refractivity (Wildman–Crippen MR) is 80.0 cm³/mol. The Morgan fingerprint density at radius 3 is 2.87 bits per heavy atom. The molecule has 0 saturated heterocycles. The third-order valence-electron chi connectivity index (χ3n) is 3.97. The number of anilines is 1. The number of benzene rings is 1. The van der Waals surface area contributed by atoms with E-state index in [1.807, 2.05) is 11.5 Å². The van der Waals surface area contributed by atoms with E-state index >= 15 is 0 Å². The van der Waals surface area contributed by atoms with Gasteiger partial charge in [-0.3, -0.25) is 0 Å². The molecule has 0 spiro atoms. The molecule has 0 aliphatic carbocycles. The molecule has 23 heavy (non-hydrogen) atoms. The minimum Gasteiger partial charge on any atom is -0.488 e. The zero-order valence-corrected chi connectivity index (χ0v) is 12.5. The van der Waals surface area contributed by atoms with Crippen molar-refractivity contribution >= 4 is 17.0 Å². The topological polar surface area (TPSA) is 78.9 Å². The molecule has 3 aromatic rings. The zero-order valence-electron chi connectivity index (χ0n) is 12.5. The summed E-state index contributed by atoms with van der Waals surface area (Å²) in [4.78, 5) is 11.8. The summed E-state index contributed by atoms with van der Waals surface area (Å²) in [7, 11) is 0. The van der Waals surface area contributed by atoms with Crippen molar-refractivity contribution < 1.29 is 13.5 Å². The van der Waals surface area contributed by atoms with Gasteiger partial charge in [-0.25, -0.2) is 23.7 Å². The van der Waals surface area contributed by atoms with Crippen LogP contribution in [-0.2, 0) is 0 Å². The Morgan fingerprint density at radius 1 is 1.30 bits per heavy atom. The fourth-order valence-electron chi connectivity index (χ4n) is 3.03. The Bertz CT molecular complexity index is 953. The maximum absolute atomic E-state index is 14.5. The number of nitrogen functional groups attached to an aromatic ring is 1. The van der Waals surface area contributed by atoms with Crippen molar-refractivity contribution in [1.29, 1.82) is 0 Å². The molecule has 118 valence electrons. The minimum atomic E-state index is -0.695. The van der Waals surface area contributed by atoms with Gasteiger partial charge in [0.05, 0.1) is 17.8 Å². The van der Waals surface area contributed by atoms with Crippen LogP contribution in [0.25, 0.3) is 22.3 Å². The van der Waals surface area contributed by atoms with Gasteiger partial charge in [-0.2, -0.15) is 0 Å². The third-order valence-corrected chi connectivity index (χ3v) is 3.97. The van der Waals surface area contributed by atoms with Crippen molar-refractivity contribution in [2.24, 2.45) is 0 Å². The molecular weight excluding hydrogens is 304 g/mol. The molecule has 1 aliphatic heterocycles. The molecule has 1 atom stereocenters. The fraction of sp³-hybridized carbons (Fsp3) is 0.267. The van der Waals surface area contributed by atoms with E-state index in [1.165, 1.54) is 6.07 Å². The standard InChI is InChI=1S/C15H13F2N5O/c1-6-5-23-14-8(11-10(17)4-19-15(18)21-11)3-9(16)12-13(14)22(6)7(2)20-12/h3-4,6H,5H2,1-2H3,(H2,18,19,21)/t6-/m0/s1. The predicted octanol–water partition coefficient (Wildman–Crippen LogP) is 2.62. The molecule has 2 aromatic heterocycles. The number of ether oxygens (including phenoxy) is 1. The van der Waals surface area contributed by atoms with Gasteiger partial charge in [-0.15, -0.1) is 0 Å². The summed E-state index contributed by atoms with van der Waals surface area (Å²) >= 11 is 0. The van der Waals surface area contributed by atoms with Crippen LogP contribution in [0.2, 0.25) is 0 Å². The third kappa shape index (κ3) is 1.87. The number of hydrogen-bond donors (Lipinski definition) is 1. The first-order chi connectivity index (χ1) is 11.0. The van der Waals surface area contributed by atoms with Gasteiger partial charge in [0, 0.05) is 0 Å². The Labute approximate surface area is 129 Å². The number of nitrogens with two attached hydrogens (primary N) is 1. The summed E-state index contributed by atoms with van der Waals surface area (Å²) in [6.07, 6.45) is 0.959. The average Bonchev–Trinajstić information content (AvgIpc) is 2.87. The van der Waals surface area contributed by atoms with Gasteiger partial charge in [0.15, 0.2) is 17.4 Å². The highest BCUT2D eigenvalue weighted by Gasteiger charge is 2.29. The van der Waals surface area contributed by atoms with E-state index in [2.05, 4.69) is 15.0 Å². The first-order valence-electron chi connectivity index (χ1n) is 7.09. The first-order valence-corrected chi connectivity index (χ1v) is 7.09. The Balaban J connectivity index is 2.12. The van der Waals surface area contributed by atoms with E-state index in [4.69, 9.17) is 10.5 Å². The van der Waals surface area contributed by atoms with Crippen LogP contribution < -0.4 is 10.5 Å². The van der Waals surface area contributed by atoms with Gasteiger partial charge >= 0.3 is 0 Å². The molecule has 4 rings (SSSR count). The highest BCUT2D eigenvalue weighted by molar-refractivity contribution is 5.91. The van der Waals surface area contributed by atoms with Crippen LogP contribution in [-0.4, -0.2) is 26.1 Å². The summed E-state index contributed by atoms with van der Waals surface area (Å²) in [5, 5.41) is 0. The maximum Gasteiger partial charge on any atom is 0.220 e. The van der Waals surface area contributed by atoms with Crippen molar-refractivity contribution in [3.63, 3.8) is 0 Å². The lowest BCUT2D eigenvalue weighted by Crippen LogP contribution is -2.21. The molecule has 0 fully saturated rings. The van der Waals surface area contributed by atoms with E-state index in [9.17, 15) is 8.78 Å². The number of nitrogens with zero attached hydrogens (tertiary/aromatic N) is 4. The average molecular weight is 317 g/mol. The molecule has 0 bridgehead atoms. The lowest BCUT2D eigenvalue weighted by atomic mass is 10.1. The Morgan fingerprint density at radius 2 is 2.09 bits per heavy atom. The number of rotatable bonds is 1. The molecule has 3 heterocycles. The summed E-state index contributed by atoms with van der Waals surface area (Å²) in [5.74, 6) is -0.315. The number of halogens is 2. The van der Waals surface area contributed by atoms with Gasteiger partial charge in [-0.05, 0) is 19.9 Å². The lowest BCUT2D eigenvalue weighted by Gasteiger charge is -2.25. The lowest BCUT2D eigenvalue weighted by molar-refractivity contribution is 0.247. The van der Waals surface area contributed by atoms with Gasteiger partial charge in [0.2, 0.25) is 5.95 Å². The molecular formula is C15H13F2N5O. The highest BCUT2D eigenvalue weighted by atomic mass is 19.1. The molecule has 8 heteroatoms. The van der Waals surface area contributed by atoms with Gasteiger partial charge in [-0.1, -0.05) is 0 Å². The van der Waals surface area contributed by atoms with E-state index in [0.29, 0.717) is 23.7 Å². The number of imidazole rings is 1. The monoisotopic (exact) mass is 317 g/mol. The first kappa shape index (κ1) is 13.9. The van der Waals surface area contributed by atoms with Crippen molar-refractivity contribution in [2.45, 2.75) is 19.9 Å². The SMILES string of the molecule is Cc1nc2c(F)cc(-c3nc(N)ncc3F)c3c2n1[C@@H](C)CO3. The number of aryl methyl sites for hydroxylation is 1. The zero-order chi connectivity index (χ0) is 16.3. The second-order valence-electron chi connectivity index (χ2n) is 5.55. The van der Waals surface area contributed by atoms with E-state index < -0.39 is 11.6 Å². The van der Waals surface area contributed by atoms with Crippen LogP contribution >= 0.6 is 0 Å². The van der Waals surface area contributed by atoms with Gasteiger partial charge < -0.3 is 15.0 Å². The van der Waals surface area contributed by atoms with Crippen LogP contribution in [0.5, 0.6) is 5.75 Å². The molecule has 0 radical (unpaired) electrons. The second-order valence-corrected chi connectivity index (χ2v) is 5.55. The quantitative estimate of drug-likeness (QED) is 0.746. The largest absolute Gasteiger partial charge is 0.488 e. The molecule has 1 aromatic carbocycles. The smallest absolute Gasteiger partial charge is 0.220 e. The normalized spacial score (nSPS) is 16.6. The highest BCUT2D eigenvalue weighted by Crippen LogP contribution is 2.42. The van der Waals surface area contributed by atoms with Gasteiger partial charge in [0.25, 0.3) is 0 Å².